The van der Waals surface area contributed by atoms with Crippen LogP contribution in [0.4, 0.5) is 11.9 Å². The maximum Gasteiger partial charge on any atom is 0.241 e. The molecule has 0 radical (unpaired) electrons. The van der Waals surface area contributed by atoms with Gasteiger partial charge < -0.3 is 16.2 Å². The van der Waals surface area contributed by atoms with Crippen molar-refractivity contribution in [1.82, 2.24) is 24.5 Å². The fourth-order valence-electron chi connectivity index (χ4n) is 1.44. The fraction of sp³-hybridized carbons (Fsp3) is 0.455. The molecule has 2 aromatic rings. The predicted octanol–water partition coefficient (Wildman–Crippen LogP) is 0.212. The van der Waals surface area contributed by atoms with Crippen LogP contribution in [0.5, 0.6) is 0 Å². The predicted molar refractivity (Wildman–Crippen MR) is 70.8 cm³/mol. The van der Waals surface area contributed by atoms with Crippen LogP contribution in [0, 0.1) is 0 Å². The van der Waals surface area contributed by atoms with E-state index in [9.17, 15) is 5.11 Å². The molecule has 0 aromatic carbocycles. The lowest BCUT2D eigenvalue weighted by Gasteiger charge is -2.27. The Morgan fingerprint density at radius 3 is 2.79 bits per heavy atom. The average Bonchev–Trinajstić information content (AvgIpc) is 2.92. The molecule has 2 aromatic heterocycles. The van der Waals surface area contributed by atoms with E-state index in [1.54, 1.807) is 23.3 Å². The van der Waals surface area contributed by atoms with Gasteiger partial charge in [0.05, 0.1) is 12.1 Å². The van der Waals surface area contributed by atoms with E-state index < -0.39 is 5.54 Å². The molecule has 19 heavy (non-hydrogen) atoms. The van der Waals surface area contributed by atoms with Crippen molar-refractivity contribution in [1.29, 1.82) is 0 Å². The van der Waals surface area contributed by atoms with E-state index in [4.69, 9.17) is 5.73 Å². The Morgan fingerprint density at radius 2 is 2.21 bits per heavy atom. The van der Waals surface area contributed by atoms with Crippen molar-refractivity contribution in [2.75, 3.05) is 17.7 Å². The number of aliphatic hydroxyl groups is 1. The van der Waals surface area contributed by atoms with Gasteiger partial charge in [0.2, 0.25) is 17.8 Å². The first-order valence-corrected chi connectivity index (χ1v) is 5.95. The Kier molecular flexibility index (Phi) is 3.61. The summed E-state index contributed by atoms with van der Waals surface area (Å²) in [5.41, 5.74) is 5.17. The topological polar surface area (TPSA) is 115 Å². The van der Waals surface area contributed by atoms with Crippen LogP contribution >= 0.6 is 0 Å². The van der Waals surface area contributed by atoms with Crippen molar-refractivity contribution in [3.8, 4) is 5.95 Å². The average molecular weight is 263 g/mol. The normalized spacial score (nSPS) is 14.1. The minimum atomic E-state index is -0.500. The number of nitrogens with two attached hydrogens (primary N) is 1. The molecule has 0 bridgehead atoms. The monoisotopic (exact) mass is 263 g/mol. The molecular formula is C11H17N7O. The summed E-state index contributed by atoms with van der Waals surface area (Å²) in [6.07, 6.45) is 5.62. The van der Waals surface area contributed by atoms with E-state index in [0.29, 0.717) is 11.9 Å². The van der Waals surface area contributed by atoms with Gasteiger partial charge in [0, 0.05) is 12.4 Å². The highest BCUT2D eigenvalue weighted by Gasteiger charge is 2.22. The first-order chi connectivity index (χ1) is 9.06. The lowest BCUT2D eigenvalue weighted by Crippen LogP contribution is -2.38. The van der Waals surface area contributed by atoms with Crippen molar-refractivity contribution in [3.05, 3.63) is 18.7 Å². The molecule has 0 spiro atoms. The summed E-state index contributed by atoms with van der Waals surface area (Å²) in [6, 6.07) is 0. The SMILES string of the molecule is CCC(C)(CO)Nc1nc(N)nc(-n2ccnc2)n1. The minimum absolute atomic E-state index is 0.0322. The third-order valence-electron chi connectivity index (χ3n) is 2.92. The quantitative estimate of drug-likeness (QED) is 0.706. The summed E-state index contributed by atoms with van der Waals surface area (Å²) in [6.45, 7) is 3.81. The zero-order valence-electron chi connectivity index (χ0n) is 10.9. The van der Waals surface area contributed by atoms with E-state index in [-0.39, 0.29) is 12.6 Å². The van der Waals surface area contributed by atoms with Gasteiger partial charge in [-0.1, -0.05) is 6.92 Å². The number of nitrogens with zero attached hydrogens (tertiary/aromatic N) is 5. The van der Waals surface area contributed by atoms with Gasteiger partial charge in [0.15, 0.2) is 0 Å². The van der Waals surface area contributed by atoms with E-state index in [2.05, 4.69) is 25.3 Å². The number of hydrogen-bond donors (Lipinski definition) is 3. The molecule has 0 saturated carbocycles. The molecule has 1 atom stereocenters. The van der Waals surface area contributed by atoms with Crippen LogP contribution in [-0.2, 0) is 0 Å². The van der Waals surface area contributed by atoms with Crippen molar-refractivity contribution in [3.63, 3.8) is 0 Å². The van der Waals surface area contributed by atoms with Crippen molar-refractivity contribution in [2.24, 2.45) is 0 Å². The van der Waals surface area contributed by atoms with Gasteiger partial charge in [-0.3, -0.25) is 4.57 Å². The first kappa shape index (κ1) is 13.2. The summed E-state index contributed by atoms with van der Waals surface area (Å²) >= 11 is 0. The summed E-state index contributed by atoms with van der Waals surface area (Å²) in [7, 11) is 0. The van der Waals surface area contributed by atoms with Gasteiger partial charge in [-0.25, -0.2) is 4.98 Å². The second-order valence-electron chi connectivity index (χ2n) is 4.48. The first-order valence-electron chi connectivity index (χ1n) is 5.95. The van der Waals surface area contributed by atoms with Gasteiger partial charge in [0.1, 0.15) is 6.33 Å². The molecule has 0 fully saturated rings. The van der Waals surface area contributed by atoms with Crippen LogP contribution in [0.15, 0.2) is 18.7 Å². The van der Waals surface area contributed by atoms with Crippen molar-refractivity contribution >= 4 is 11.9 Å². The molecule has 102 valence electrons. The number of nitrogens with one attached hydrogen (secondary N) is 1. The van der Waals surface area contributed by atoms with Crippen molar-refractivity contribution in [2.45, 2.75) is 25.8 Å². The zero-order chi connectivity index (χ0) is 13.9. The molecule has 8 heteroatoms. The summed E-state index contributed by atoms with van der Waals surface area (Å²) in [4.78, 5) is 16.2. The molecule has 0 amide bonds. The highest BCUT2D eigenvalue weighted by atomic mass is 16.3. The zero-order valence-corrected chi connectivity index (χ0v) is 10.9. The Hall–Kier alpha value is -2.22. The molecule has 4 N–H and O–H groups in total. The molecule has 2 heterocycles. The van der Waals surface area contributed by atoms with Crippen LogP contribution in [0.25, 0.3) is 5.95 Å². The van der Waals surface area contributed by atoms with Crippen LogP contribution < -0.4 is 11.1 Å². The molecule has 0 aliphatic rings. The smallest absolute Gasteiger partial charge is 0.241 e. The maximum absolute atomic E-state index is 9.39. The number of anilines is 2. The molecular weight excluding hydrogens is 246 g/mol. The second kappa shape index (κ2) is 5.19. The number of nitrogen functional groups attached to an aromatic ring is 1. The Balaban J connectivity index is 2.32. The molecule has 0 aliphatic heterocycles. The van der Waals surface area contributed by atoms with Crippen LogP contribution in [0.1, 0.15) is 20.3 Å². The van der Waals surface area contributed by atoms with Gasteiger partial charge in [-0.05, 0) is 13.3 Å². The van der Waals surface area contributed by atoms with E-state index in [0.717, 1.165) is 6.42 Å². The summed E-state index contributed by atoms with van der Waals surface area (Å²) in [5, 5.41) is 12.5. The standard InChI is InChI=1S/C11H17N7O/c1-3-11(2,6-19)17-9-14-8(12)15-10(16-9)18-5-4-13-7-18/h4-5,7,19H,3,6H2,1-2H3,(H3,12,14,15,16,17). The summed E-state index contributed by atoms with van der Waals surface area (Å²) < 4.78 is 1.63. The highest BCUT2D eigenvalue weighted by molar-refractivity contribution is 5.37. The lowest BCUT2D eigenvalue weighted by atomic mass is 10.0. The third kappa shape index (κ3) is 2.97. The number of rotatable bonds is 5. The third-order valence-corrected chi connectivity index (χ3v) is 2.92. The second-order valence-corrected chi connectivity index (χ2v) is 4.48. The largest absolute Gasteiger partial charge is 0.394 e. The summed E-state index contributed by atoms with van der Waals surface area (Å²) in [5.74, 6) is 0.816. The fourth-order valence-corrected chi connectivity index (χ4v) is 1.44. The minimum Gasteiger partial charge on any atom is -0.394 e. The Bertz CT molecular complexity index is 536. The number of aromatic nitrogens is 5. The van der Waals surface area contributed by atoms with E-state index >= 15 is 0 Å². The van der Waals surface area contributed by atoms with Gasteiger partial charge >= 0.3 is 0 Å². The molecule has 2 rings (SSSR count). The van der Waals surface area contributed by atoms with Crippen LogP contribution in [0.3, 0.4) is 0 Å². The number of hydrogen-bond acceptors (Lipinski definition) is 7. The van der Waals surface area contributed by atoms with Crippen LogP contribution in [0.2, 0.25) is 0 Å². The molecule has 0 aliphatic carbocycles. The lowest BCUT2D eigenvalue weighted by molar-refractivity contribution is 0.218. The number of aliphatic hydroxyl groups excluding tert-OH is 1. The molecule has 8 nitrogen and oxygen atoms in total. The van der Waals surface area contributed by atoms with E-state index in [1.807, 2.05) is 13.8 Å². The van der Waals surface area contributed by atoms with Gasteiger partial charge in [0.25, 0.3) is 0 Å². The Labute approximate surface area is 110 Å². The van der Waals surface area contributed by atoms with E-state index in [1.165, 1.54) is 0 Å². The van der Waals surface area contributed by atoms with Crippen molar-refractivity contribution < 1.29 is 5.11 Å². The van der Waals surface area contributed by atoms with Crippen LogP contribution in [-0.4, -0.2) is 41.8 Å². The highest BCUT2D eigenvalue weighted by Crippen LogP contribution is 2.16. The number of imidazole rings is 1. The molecule has 1 unspecified atom stereocenters. The van der Waals surface area contributed by atoms with Gasteiger partial charge in [-0.15, -0.1) is 0 Å². The van der Waals surface area contributed by atoms with Gasteiger partial charge in [-0.2, -0.15) is 15.0 Å². The Morgan fingerprint density at radius 1 is 1.42 bits per heavy atom. The molecule has 0 saturated heterocycles. The maximum atomic E-state index is 9.39.